The van der Waals surface area contributed by atoms with E-state index in [0.717, 1.165) is 12.8 Å². The molecule has 4 aliphatic heterocycles. The fourth-order valence-corrected chi connectivity index (χ4v) is 6.96. The molecule has 5 amide bonds. The Morgan fingerprint density at radius 3 is 1.64 bits per heavy atom. The van der Waals surface area contributed by atoms with Gasteiger partial charge in [-0.05, 0) is 72.6 Å². The number of anilines is 1. The fourth-order valence-electron chi connectivity index (χ4n) is 6.62. The van der Waals surface area contributed by atoms with Crippen molar-refractivity contribution >= 4 is 58.8 Å². The first-order valence-electron chi connectivity index (χ1n) is 18.1. The van der Waals surface area contributed by atoms with E-state index in [1.54, 1.807) is 37.8 Å². The number of benzene rings is 1. The molecule has 4 unspecified atom stereocenters. The molecule has 1 aromatic rings. The zero-order chi connectivity index (χ0) is 39.1. The number of rotatable bonds is 5. The normalized spacial score (nSPS) is 23.0. The third-order valence-electron chi connectivity index (χ3n) is 8.81. The molecule has 4 atom stereocenters. The lowest BCUT2D eigenvalue weighted by atomic mass is 10.1. The quantitative estimate of drug-likeness (QED) is 0.377. The average molecular weight is 785 g/mol. The van der Waals surface area contributed by atoms with Crippen molar-refractivity contribution in [2.24, 2.45) is 0 Å². The van der Waals surface area contributed by atoms with E-state index in [4.69, 9.17) is 37.4 Å². The first kappa shape index (κ1) is 42.2. The highest BCUT2D eigenvalue weighted by Gasteiger charge is 2.37. The van der Waals surface area contributed by atoms with Crippen molar-refractivity contribution in [3.05, 3.63) is 23.2 Å². The van der Waals surface area contributed by atoms with Gasteiger partial charge in [0.2, 0.25) is 11.8 Å². The van der Waals surface area contributed by atoms with Crippen molar-refractivity contribution in [3.63, 3.8) is 0 Å². The molecular weight excluding hydrogens is 729 g/mol. The van der Waals surface area contributed by atoms with Crippen molar-refractivity contribution in [3.8, 4) is 5.75 Å². The third kappa shape index (κ3) is 13.4. The largest absolute Gasteiger partial charge is 0.482 e. The molecule has 0 aromatic heterocycles. The van der Waals surface area contributed by atoms with E-state index in [2.05, 4.69) is 16.0 Å². The topological polar surface area (TPSA) is 162 Å². The van der Waals surface area contributed by atoms with Gasteiger partial charge in [-0.2, -0.15) is 0 Å². The second-order valence-corrected chi connectivity index (χ2v) is 16.6. The maximum atomic E-state index is 12.9. The zero-order valence-corrected chi connectivity index (χ0v) is 33.3. The van der Waals surface area contributed by atoms with Crippen LogP contribution in [0.5, 0.6) is 5.75 Å². The van der Waals surface area contributed by atoms with Crippen molar-refractivity contribution in [1.82, 2.24) is 30.2 Å². The molecule has 0 spiro atoms. The van der Waals surface area contributed by atoms with Gasteiger partial charge in [-0.25, -0.2) is 9.59 Å². The Labute approximate surface area is 322 Å². The van der Waals surface area contributed by atoms with Crippen LogP contribution in [0.15, 0.2) is 18.2 Å². The summed E-state index contributed by atoms with van der Waals surface area (Å²) in [5.41, 5.74) is -0.630. The van der Waals surface area contributed by atoms with Gasteiger partial charge in [-0.1, -0.05) is 11.6 Å². The van der Waals surface area contributed by atoms with Crippen molar-refractivity contribution in [1.29, 1.82) is 0 Å². The van der Waals surface area contributed by atoms with Crippen molar-refractivity contribution in [2.75, 3.05) is 70.2 Å². The molecule has 4 aliphatic rings. The van der Waals surface area contributed by atoms with Gasteiger partial charge < -0.3 is 49.8 Å². The molecule has 4 fully saturated rings. The summed E-state index contributed by atoms with van der Waals surface area (Å²) < 4.78 is 16.6. The summed E-state index contributed by atoms with van der Waals surface area (Å²) in [6.07, 6.45) is 0.917. The number of hydrogen-bond acceptors (Lipinski definition) is 10. The smallest absolute Gasteiger partial charge is 0.410 e. The molecule has 15 nitrogen and oxygen atoms in total. The second kappa shape index (κ2) is 18.2. The highest BCUT2D eigenvalue weighted by atomic mass is 35.5. The molecule has 1 aromatic carbocycles. The Morgan fingerprint density at radius 2 is 1.19 bits per heavy atom. The maximum Gasteiger partial charge on any atom is 0.410 e. The Kier molecular flexibility index (Phi) is 14.5. The van der Waals surface area contributed by atoms with E-state index in [1.165, 1.54) is 6.92 Å². The summed E-state index contributed by atoms with van der Waals surface area (Å²) in [6, 6.07) is 5.17. The van der Waals surface area contributed by atoms with E-state index in [9.17, 15) is 24.0 Å². The van der Waals surface area contributed by atoms with Gasteiger partial charge in [0.25, 0.3) is 5.91 Å². The molecule has 0 radical (unpaired) electrons. The molecule has 17 heteroatoms. The van der Waals surface area contributed by atoms with Crippen LogP contribution in [0.2, 0.25) is 5.02 Å². The predicted molar refractivity (Wildman–Crippen MR) is 201 cm³/mol. The van der Waals surface area contributed by atoms with Crippen molar-refractivity contribution < 1.29 is 38.2 Å². The van der Waals surface area contributed by atoms with Crippen LogP contribution >= 0.6 is 23.2 Å². The van der Waals surface area contributed by atoms with Gasteiger partial charge in [-0.15, -0.1) is 11.6 Å². The molecule has 4 bridgehead atoms. The summed E-state index contributed by atoms with van der Waals surface area (Å²) >= 11 is 11.6. The lowest BCUT2D eigenvalue weighted by Crippen LogP contribution is -2.59. The molecule has 0 aliphatic carbocycles. The lowest BCUT2D eigenvalue weighted by Gasteiger charge is -2.37. The number of ether oxygens (including phenoxy) is 3. The van der Waals surface area contributed by atoms with Crippen LogP contribution in [0.1, 0.15) is 61.3 Å². The van der Waals surface area contributed by atoms with Gasteiger partial charge >= 0.3 is 12.2 Å². The predicted octanol–water partition coefficient (Wildman–Crippen LogP) is 3.52. The monoisotopic (exact) mass is 783 g/mol. The highest BCUT2D eigenvalue weighted by Crippen LogP contribution is 2.28. The van der Waals surface area contributed by atoms with Crippen molar-refractivity contribution in [2.45, 2.75) is 96.7 Å². The van der Waals surface area contributed by atoms with Crippen LogP contribution in [0, 0.1) is 0 Å². The molecule has 4 saturated heterocycles. The fraction of sp³-hybridized carbons (Fsp3) is 0.694. The van der Waals surface area contributed by atoms with Gasteiger partial charge in [0, 0.05) is 88.5 Å². The molecule has 3 N–H and O–H groups in total. The van der Waals surface area contributed by atoms with Crippen LogP contribution < -0.4 is 20.7 Å². The minimum Gasteiger partial charge on any atom is -0.482 e. The molecule has 0 saturated carbocycles. The van der Waals surface area contributed by atoms with Crippen LogP contribution in [-0.4, -0.2) is 150 Å². The molecule has 4 heterocycles. The number of nitrogens with one attached hydrogen (secondary N) is 3. The number of carbonyl (C=O) groups is 5. The van der Waals surface area contributed by atoms with Gasteiger partial charge in [0.05, 0.1) is 5.69 Å². The highest BCUT2D eigenvalue weighted by molar-refractivity contribution is 6.31. The Morgan fingerprint density at radius 1 is 0.736 bits per heavy atom. The minimum absolute atomic E-state index is 0.00915. The minimum atomic E-state index is -0.553. The van der Waals surface area contributed by atoms with Crippen LogP contribution in [0.3, 0.4) is 0 Å². The molecule has 53 heavy (non-hydrogen) atoms. The average Bonchev–Trinajstić information content (AvgIpc) is 3.30. The number of nitrogens with zero attached hydrogens (tertiary/aromatic N) is 4. The van der Waals surface area contributed by atoms with Crippen LogP contribution in [0.25, 0.3) is 0 Å². The standard InChI is InChI=1S/C22H31ClN4O5.C14H24ClN3O3/c1-14(28)24-18-9-15(23)5-6-19(18)31-13-20(29)27-10-16-7-8-26(11-17(12-27)25-16)21(30)32-22(2,3)4;1-14(2,3)21-13(20)17-5-4-10-7-18(12(19)6-15)9-11(8-17)16-10/h5-6,9,16-17,25H,7-8,10-13H2,1-4H3,(H,24,28);10-11,16H,4-9H2,1-3H3. The van der Waals surface area contributed by atoms with E-state index in [0.29, 0.717) is 68.8 Å². The zero-order valence-electron chi connectivity index (χ0n) is 31.8. The Hall–Kier alpha value is -3.53. The maximum absolute atomic E-state index is 12.9. The number of hydrogen-bond donors (Lipinski definition) is 3. The third-order valence-corrected chi connectivity index (χ3v) is 9.27. The molecule has 296 valence electrons. The van der Waals surface area contributed by atoms with Crippen LogP contribution in [0.4, 0.5) is 15.3 Å². The lowest BCUT2D eigenvalue weighted by molar-refractivity contribution is -0.135. The number of halogens is 2. The Balaban J connectivity index is 0.000000258. The number of piperazine rings is 2. The summed E-state index contributed by atoms with van der Waals surface area (Å²) in [6.45, 7) is 16.8. The van der Waals surface area contributed by atoms with E-state index < -0.39 is 11.2 Å². The number of alkyl halides is 1. The first-order chi connectivity index (χ1) is 24.8. The number of carbonyl (C=O) groups excluding carboxylic acids is 5. The number of fused-ring (bicyclic) bond motifs is 4. The summed E-state index contributed by atoms with van der Waals surface area (Å²) in [5.74, 6) is -0.0736. The Bertz CT molecular complexity index is 1490. The van der Waals surface area contributed by atoms with E-state index in [1.807, 2.05) is 41.5 Å². The molecule has 5 rings (SSSR count). The second-order valence-electron chi connectivity index (χ2n) is 15.9. The van der Waals surface area contributed by atoms with Crippen LogP contribution in [-0.2, 0) is 23.9 Å². The number of amides is 5. The summed E-state index contributed by atoms with van der Waals surface area (Å²) in [5, 5.41) is 10.1. The summed E-state index contributed by atoms with van der Waals surface area (Å²) in [4.78, 5) is 67.8. The SMILES string of the molecule is CC(=O)Nc1cc(Cl)ccc1OCC(=O)N1CC2CCN(C(=O)OC(C)(C)C)CC(C1)N2.CC(C)(C)OC(=O)N1CCC2CN(C(=O)CCl)CC(C1)N2. The first-order valence-corrected chi connectivity index (χ1v) is 19.0. The van der Waals surface area contributed by atoms with E-state index in [-0.39, 0.29) is 66.6 Å². The van der Waals surface area contributed by atoms with E-state index >= 15 is 0 Å². The van der Waals surface area contributed by atoms with Gasteiger partial charge in [0.1, 0.15) is 22.8 Å². The van der Waals surface area contributed by atoms with Gasteiger partial charge in [0.15, 0.2) is 6.61 Å². The van der Waals surface area contributed by atoms with Gasteiger partial charge in [-0.3, -0.25) is 14.4 Å². The summed E-state index contributed by atoms with van der Waals surface area (Å²) in [7, 11) is 0. The molecular formula is C36H55Cl2N7O8.